The fraction of sp³-hybridized carbons (Fsp3) is 0.250. The summed E-state index contributed by atoms with van der Waals surface area (Å²) in [5.74, 6) is 0.722. The second-order valence-electron chi connectivity index (χ2n) is 3.65. The van der Waals surface area contributed by atoms with Crippen LogP contribution in [0.15, 0.2) is 29.9 Å². The molecule has 0 aliphatic rings. The van der Waals surface area contributed by atoms with Gasteiger partial charge in [-0.1, -0.05) is 6.07 Å². The monoisotopic (exact) mass is 247 g/mol. The average Bonchev–Trinajstić information content (AvgIpc) is 2.83. The predicted molar refractivity (Wildman–Crippen MR) is 69.1 cm³/mol. The van der Waals surface area contributed by atoms with Crippen LogP contribution in [0, 0.1) is 0 Å². The van der Waals surface area contributed by atoms with Crippen molar-refractivity contribution in [3.05, 3.63) is 29.9 Å². The number of carbonyl (C=O) groups is 1. The maximum absolute atomic E-state index is 10.8. The summed E-state index contributed by atoms with van der Waals surface area (Å²) in [7, 11) is 0. The fourth-order valence-corrected chi connectivity index (χ4v) is 2.04. The van der Waals surface area contributed by atoms with E-state index in [2.05, 4.69) is 15.3 Å². The number of aromatic nitrogens is 2. The quantitative estimate of drug-likeness (QED) is 0.882. The number of thiophene rings is 1. The molecule has 0 aliphatic carbocycles. The lowest BCUT2D eigenvalue weighted by Crippen LogP contribution is -2.08. The number of anilines is 1. The largest absolute Gasteiger partial charge is 0.354 e. The number of nitrogens with one attached hydrogen (secondary N) is 1. The Bertz CT molecular complexity index is 479. The maximum atomic E-state index is 10.8. The third-order valence-corrected chi connectivity index (χ3v) is 3.14. The summed E-state index contributed by atoms with van der Waals surface area (Å²) in [6.07, 6.45) is 4.07. The molecule has 0 amide bonds. The van der Waals surface area contributed by atoms with E-state index in [0.29, 0.717) is 18.9 Å². The number of nitrogens with zero attached hydrogens (tertiary/aromatic N) is 2. The van der Waals surface area contributed by atoms with Gasteiger partial charge in [-0.3, -0.25) is 4.79 Å². The van der Waals surface area contributed by atoms with Crippen molar-refractivity contribution >= 4 is 23.1 Å². The van der Waals surface area contributed by atoms with Gasteiger partial charge in [0.25, 0.3) is 0 Å². The van der Waals surface area contributed by atoms with Crippen LogP contribution in [0.3, 0.4) is 0 Å². The predicted octanol–water partition coefficient (Wildman–Crippen LogP) is 2.60. The third kappa shape index (κ3) is 3.35. The molecule has 5 heteroatoms. The van der Waals surface area contributed by atoms with Gasteiger partial charge in [-0.05, 0) is 18.4 Å². The summed E-state index contributed by atoms with van der Waals surface area (Å²) < 4.78 is 0. The third-order valence-electron chi connectivity index (χ3n) is 2.22. The number of Topliss-reactive ketones (excluding diaryl/α,β-unsaturated/α-hetero) is 1. The van der Waals surface area contributed by atoms with Crippen molar-refractivity contribution in [2.45, 2.75) is 13.3 Å². The van der Waals surface area contributed by atoms with Crippen molar-refractivity contribution in [1.82, 2.24) is 9.97 Å². The van der Waals surface area contributed by atoms with E-state index in [1.165, 1.54) is 0 Å². The van der Waals surface area contributed by atoms with Crippen molar-refractivity contribution in [2.24, 2.45) is 0 Å². The molecule has 2 aromatic heterocycles. The molecule has 0 unspecified atom stereocenters. The molecule has 0 atom stereocenters. The summed E-state index contributed by atoms with van der Waals surface area (Å²) in [5, 5.41) is 5.03. The van der Waals surface area contributed by atoms with Crippen LogP contribution in [0.5, 0.6) is 0 Å². The molecular formula is C12H13N3OS. The highest BCUT2D eigenvalue weighted by Crippen LogP contribution is 2.23. The van der Waals surface area contributed by atoms with Gasteiger partial charge in [0.15, 0.2) is 0 Å². The van der Waals surface area contributed by atoms with E-state index in [4.69, 9.17) is 0 Å². The molecule has 0 saturated heterocycles. The second-order valence-corrected chi connectivity index (χ2v) is 4.60. The number of hydrogen-bond donors (Lipinski definition) is 1. The number of ketones is 1. The first-order valence-corrected chi connectivity index (χ1v) is 6.23. The zero-order valence-electron chi connectivity index (χ0n) is 9.51. The standard InChI is InChI=1S/C12H13N3OS/c1-9(16)4-5-13-12-14-7-10(8-15-12)11-3-2-6-17-11/h2-3,6-8H,4-5H2,1H3,(H,13,14,15). The molecule has 0 bridgehead atoms. The van der Waals surface area contributed by atoms with Crippen molar-refractivity contribution in [1.29, 1.82) is 0 Å². The average molecular weight is 247 g/mol. The van der Waals surface area contributed by atoms with E-state index in [9.17, 15) is 4.79 Å². The summed E-state index contributed by atoms with van der Waals surface area (Å²) in [5.41, 5.74) is 1.01. The minimum absolute atomic E-state index is 0.160. The first-order chi connectivity index (χ1) is 8.25. The minimum atomic E-state index is 0.160. The minimum Gasteiger partial charge on any atom is -0.354 e. The molecule has 0 aliphatic heterocycles. The summed E-state index contributed by atoms with van der Waals surface area (Å²) in [4.78, 5) is 20.3. The molecule has 0 spiro atoms. The van der Waals surface area contributed by atoms with Gasteiger partial charge in [0.2, 0.25) is 5.95 Å². The highest BCUT2D eigenvalue weighted by atomic mass is 32.1. The smallest absolute Gasteiger partial charge is 0.222 e. The van der Waals surface area contributed by atoms with E-state index in [1.54, 1.807) is 30.7 Å². The van der Waals surface area contributed by atoms with Crippen LogP contribution in [0.25, 0.3) is 10.4 Å². The van der Waals surface area contributed by atoms with Crippen LogP contribution in [0.2, 0.25) is 0 Å². The lowest BCUT2D eigenvalue weighted by molar-refractivity contribution is -0.116. The Labute approximate surface area is 104 Å². The Hall–Kier alpha value is -1.75. The Morgan fingerprint density at radius 3 is 2.76 bits per heavy atom. The molecule has 1 N–H and O–H groups in total. The molecule has 2 aromatic rings. The molecule has 17 heavy (non-hydrogen) atoms. The molecule has 0 fully saturated rings. The van der Waals surface area contributed by atoms with Crippen LogP contribution < -0.4 is 5.32 Å². The molecule has 2 heterocycles. The lowest BCUT2D eigenvalue weighted by atomic mass is 10.3. The molecular weight excluding hydrogens is 234 g/mol. The second kappa shape index (κ2) is 5.54. The Balaban J connectivity index is 1.96. The number of carbonyl (C=O) groups excluding carboxylic acids is 1. The van der Waals surface area contributed by atoms with Gasteiger partial charge >= 0.3 is 0 Å². The maximum Gasteiger partial charge on any atom is 0.222 e. The van der Waals surface area contributed by atoms with Crippen LogP contribution in [-0.2, 0) is 4.79 Å². The zero-order valence-corrected chi connectivity index (χ0v) is 10.3. The van der Waals surface area contributed by atoms with E-state index in [0.717, 1.165) is 10.4 Å². The SMILES string of the molecule is CC(=O)CCNc1ncc(-c2cccs2)cn1. The fourth-order valence-electron chi connectivity index (χ4n) is 1.34. The van der Waals surface area contributed by atoms with Crippen molar-refractivity contribution in [2.75, 3.05) is 11.9 Å². The van der Waals surface area contributed by atoms with Gasteiger partial charge < -0.3 is 5.32 Å². The van der Waals surface area contributed by atoms with E-state index < -0.39 is 0 Å². The van der Waals surface area contributed by atoms with Gasteiger partial charge in [0.05, 0.1) is 0 Å². The topological polar surface area (TPSA) is 54.9 Å². The molecule has 4 nitrogen and oxygen atoms in total. The molecule has 0 aromatic carbocycles. The molecule has 0 saturated carbocycles. The van der Waals surface area contributed by atoms with Crippen LogP contribution in [0.4, 0.5) is 5.95 Å². The summed E-state index contributed by atoms with van der Waals surface area (Å²) >= 11 is 1.66. The van der Waals surface area contributed by atoms with Gasteiger partial charge in [-0.15, -0.1) is 11.3 Å². The molecule has 2 rings (SSSR count). The van der Waals surface area contributed by atoms with Gasteiger partial charge in [0.1, 0.15) is 5.78 Å². The van der Waals surface area contributed by atoms with Crippen LogP contribution in [0.1, 0.15) is 13.3 Å². The van der Waals surface area contributed by atoms with E-state index in [1.807, 2.05) is 17.5 Å². The Morgan fingerprint density at radius 2 is 2.18 bits per heavy atom. The summed E-state index contributed by atoms with van der Waals surface area (Å²) in [6, 6.07) is 4.03. The first kappa shape index (κ1) is 11.7. The van der Waals surface area contributed by atoms with Gasteiger partial charge in [0, 0.05) is 35.8 Å². The van der Waals surface area contributed by atoms with Crippen LogP contribution >= 0.6 is 11.3 Å². The van der Waals surface area contributed by atoms with Crippen molar-refractivity contribution in [3.63, 3.8) is 0 Å². The molecule has 0 radical (unpaired) electrons. The Morgan fingerprint density at radius 1 is 1.41 bits per heavy atom. The highest BCUT2D eigenvalue weighted by Gasteiger charge is 2.01. The van der Waals surface area contributed by atoms with Gasteiger partial charge in [-0.25, -0.2) is 9.97 Å². The van der Waals surface area contributed by atoms with E-state index in [-0.39, 0.29) is 5.78 Å². The highest BCUT2D eigenvalue weighted by molar-refractivity contribution is 7.13. The normalized spacial score (nSPS) is 10.2. The van der Waals surface area contributed by atoms with E-state index >= 15 is 0 Å². The first-order valence-electron chi connectivity index (χ1n) is 5.35. The molecule has 88 valence electrons. The summed E-state index contributed by atoms with van der Waals surface area (Å²) in [6.45, 7) is 2.15. The van der Waals surface area contributed by atoms with Crippen molar-refractivity contribution < 1.29 is 4.79 Å². The van der Waals surface area contributed by atoms with Crippen molar-refractivity contribution in [3.8, 4) is 10.4 Å². The number of rotatable bonds is 5. The van der Waals surface area contributed by atoms with Gasteiger partial charge in [-0.2, -0.15) is 0 Å². The Kier molecular flexibility index (Phi) is 3.82. The number of hydrogen-bond acceptors (Lipinski definition) is 5. The van der Waals surface area contributed by atoms with Crippen LogP contribution in [-0.4, -0.2) is 22.3 Å². The zero-order chi connectivity index (χ0) is 12.1. The lowest BCUT2D eigenvalue weighted by Gasteiger charge is -2.03.